The standard InChI is InChI=1S/C12H16O5/c1-6(14)4-8-7(2)10(15)9(5-13)12(17-3)11(8)16/h6,13-14H,4-5H2,1-3H3. The third kappa shape index (κ3) is 2.45. The molecule has 0 saturated carbocycles. The summed E-state index contributed by atoms with van der Waals surface area (Å²) in [5.41, 5.74) is 0.490. The van der Waals surface area contributed by atoms with E-state index in [2.05, 4.69) is 0 Å². The first kappa shape index (κ1) is 13.6. The SMILES string of the molecule is COC1=C(CO)C(=O)C(C)=C(CC(C)O)C1=O. The van der Waals surface area contributed by atoms with Crippen molar-refractivity contribution in [3.8, 4) is 0 Å². The van der Waals surface area contributed by atoms with Crippen LogP contribution in [0.5, 0.6) is 0 Å². The van der Waals surface area contributed by atoms with Crippen molar-refractivity contribution < 1.29 is 24.5 Å². The van der Waals surface area contributed by atoms with Crippen LogP contribution in [0.2, 0.25) is 0 Å². The van der Waals surface area contributed by atoms with Crippen LogP contribution in [-0.4, -0.2) is 41.6 Å². The van der Waals surface area contributed by atoms with E-state index >= 15 is 0 Å². The van der Waals surface area contributed by atoms with Gasteiger partial charge >= 0.3 is 0 Å². The topological polar surface area (TPSA) is 83.8 Å². The number of Topliss-reactive ketones (excluding diaryl/α,β-unsaturated/α-hetero) is 2. The number of hydrogen-bond donors (Lipinski definition) is 2. The molecular formula is C12H16O5. The first-order valence-electron chi connectivity index (χ1n) is 5.29. The summed E-state index contributed by atoms with van der Waals surface area (Å²) in [7, 11) is 1.27. The van der Waals surface area contributed by atoms with Crippen molar-refractivity contribution in [3.63, 3.8) is 0 Å². The molecule has 0 aromatic heterocycles. The van der Waals surface area contributed by atoms with Crippen LogP contribution in [0.4, 0.5) is 0 Å². The fourth-order valence-electron chi connectivity index (χ4n) is 1.81. The Morgan fingerprint density at radius 1 is 1.24 bits per heavy atom. The summed E-state index contributed by atoms with van der Waals surface area (Å²) < 4.78 is 4.87. The molecule has 0 aliphatic heterocycles. The molecule has 1 unspecified atom stereocenters. The summed E-state index contributed by atoms with van der Waals surface area (Å²) in [6.07, 6.45) is -0.618. The number of hydrogen-bond acceptors (Lipinski definition) is 5. The lowest BCUT2D eigenvalue weighted by molar-refractivity contribution is -0.119. The Morgan fingerprint density at radius 3 is 2.24 bits per heavy atom. The van der Waals surface area contributed by atoms with Gasteiger partial charge in [-0.25, -0.2) is 0 Å². The fraction of sp³-hybridized carbons (Fsp3) is 0.500. The number of aliphatic hydroxyl groups excluding tert-OH is 2. The zero-order valence-corrected chi connectivity index (χ0v) is 10.1. The molecule has 0 fully saturated rings. The van der Waals surface area contributed by atoms with Gasteiger partial charge in [0.1, 0.15) is 0 Å². The van der Waals surface area contributed by atoms with Crippen LogP contribution in [0.15, 0.2) is 22.5 Å². The number of ether oxygens (including phenoxy) is 1. The largest absolute Gasteiger partial charge is 0.492 e. The molecule has 94 valence electrons. The predicted molar refractivity (Wildman–Crippen MR) is 60.1 cm³/mol. The van der Waals surface area contributed by atoms with Crippen molar-refractivity contribution in [2.75, 3.05) is 13.7 Å². The second-order valence-corrected chi connectivity index (χ2v) is 3.98. The van der Waals surface area contributed by atoms with Crippen LogP contribution in [0.1, 0.15) is 20.3 Å². The van der Waals surface area contributed by atoms with Gasteiger partial charge in [0, 0.05) is 17.6 Å². The van der Waals surface area contributed by atoms with E-state index in [1.54, 1.807) is 0 Å². The third-order valence-electron chi connectivity index (χ3n) is 2.68. The lowest BCUT2D eigenvalue weighted by Gasteiger charge is -2.21. The van der Waals surface area contributed by atoms with E-state index in [1.165, 1.54) is 21.0 Å². The number of allylic oxidation sites excluding steroid dienone is 2. The minimum atomic E-state index is -0.717. The molecule has 0 amide bonds. The van der Waals surface area contributed by atoms with Crippen molar-refractivity contribution in [2.24, 2.45) is 0 Å². The van der Waals surface area contributed by atoms with Crippen LogP contribution >= 0.6 is 0 Å². The van der Waals surface area contributed by atoms with Gasteiger partial charge in [-0.15, -0.1) is 0 Å². The second-order valence-electron chi connectivity index (χ2n) is 3.98. The zero-order valence-electron chi connectivity index (χ0n) is 10.1. The first-order valence-corrected chi connectivity index (χ1v) is 5.29. The molecule has 0 spiro atoms. The van der Waals surface area contributed by atoms with E-state index in [-0.39, 0.29) is 28.9 Å². The number of aliphatic hydroxyl groups is 2. The van der Waals surface area contributed by atoms with Gasteiger partial charge in [-0.1, -0.05) is 0 Å². The molecule has 1 aliphatic rings. The van der Waals surface area contributed by atoms with Gasteiger partial charge in [0.15, 0.2) is 11.5 Å². The molecular weight excluding hydrogens is 224 g/mol. The van der Waals surface area contributed by atoms with Gasteiger partial charge < -0.3 is 14.9 Å². The molecule has 1 rings (SSSR count). The minimum Gasteiger partial charge on any atom is -0.492 e. The van der Waals surface area contributed by atoms with E-state index in [0.717, 1.165) is 0 Å². The van der Waals surface area contributed by atoms with E-state index in [4.69, 9.17) is 9.84 Å². The van der Waals surface area contributed by atoms with Gasteiger partial charge in [0.2, 0.25) is 5.78 Å². The summed E-state index contributed by atoms with van der Waals surface area (Å²) in [5, 5.41) is 18.4. The van der Waals surface area contributed by atoms with Gasteiger partial charge in [-0.3, -0.25) is 9.59 Å². The lowest BCUT2D eigenvalue weighted by atomic mass is 9.86. The molecule has 5 nitrogen and oxygen atoms in total. The predicted octanol–water partition coefficient (Wildman–Crippen LogP) is 0.118. The molecule has 0 aromatic rings. The minimum absolute atomic E-state index is 0.0238. The normalized spacial score (nSPS) is 18.9. The zero-order chi connectivity index (χ0) is 13.2. The summed E-state index contributed by atoms with van der Waals surface area (Å²) in [4.78, 5) is 23.9. The van der Waals surface area contributed by atoms with Crippen molar-refractivity contribution in [3.05, 3.63) is 22.5 Å². The Morgan fingerprint density at radius 2 is 1.82 bits per heavy atom. The molecule has 0 bridgehead atoms. The van der Waals surface area contributed by atoms with Crippen molar-refractivity contribution in [2.45, 2.75) is 26.4 Å². The highest BCUT2D eigenvalue weighted by Crippen LogP contribution is 2.27. The molecule has 17 heavy (non-hydrogen) atoms. The average molecular weight is 240 g/mol. The van der Waals surface area contributed by atoms with Gasteiger partial charge in [-0.2, -0.15) is 0 Å². The first-order chi connectivity index (χ1) is 7.93. The monoisotopic (exact) mass is 240 g/mol. The maximum Gasteiger partial charge on any atom is 0.224 e. The Hall–Kier alpha value is -1.46. The highest BCUT2D eigenvalue weighted by atomic mass is 16.5. The van der Waals surface area contributed by atoms with E-state index < -0.39 is 24.3 Å². The average Bonchev–Trinajstić information content (AvgIpc) is 2.28. The number of carbonyl (C=O) groups excluding carboxylic acids is 2. The Balaban J connectivity index is 3.24. The quantitative estimate of drug-likeness (QED) is 0.682. The third-order valence-corrected chi connectivity index (χ3v) is 2.68. The molecule has 0 heterocycles. The van der Waals surface area contributed by atoms with Crippen LogP contribution < -0.4 is 0 Å². The summed E-state index contributed by atoms with van der Waals surface area (Å²) in [5.74, 6) is -0.965. The molecule has 0 aromatic carbocycles. The van der Waals surface area contributed by atoms with Crippen molar-refractivity contribution in [1.29, 1.82) is 0 Å². The highest BCUT2D eigenvalue weighted by Gasteiger charge is 2.33. The van der Waals surface area contributed by atoms with Crippen LogP contribution in [0.25, 0.3) is 0 Å². The summed E-state index contributed by atoms with van der Waals surface area (Å²) in [6.45, 7) is 2.52. The summed E-state index contributed by atoms with van der Waals surface area (Å²) >= 11 is 0. The number of rotatable bonds is 4. The number of ketones is 2. The fourth-order valence-corrected chi connectivity index (χ4v) is 1.81. The Kier molecular flexibility index (Phi) is 4.20. The van der Waals surface area contributed by atoms with Gasteiger partial charge in [0.05, 0.1) is 25.4 Å². The van der Waals surface area contributed by atoms with Crippen LogP contribution in [0.3, 0.4) is 0 Å². The lowest BCUT2D eigenvalue weighted by Crippen LogP contribution is -2.27. The van der Waals surface area contributed by atoms with Crippen molar-refractivity contribution in [1.82, 2.24) is 0 Å². The highest BCUT2D eigenvalue weighted by molar-refractivity contribution is 6.24. The molecule has 0 radical (unpaired) electrons. The summed E-state index contributed by atoms with van der Waals surface area (Å²) in [6, 6.07) is 0. The molecule has 2 N–H and O–H groups in total. The van der Waals surface area contributed by atoms with Gasteiger partial charge in [0.25, 0.3) is 0 Å². The van der Waals surface area contributed by atoms with E-state index in [9.17, 15) is 14.7 Å². The maximum absolute atomic E-state index is 12.0. The van der Waals surface area contributed by atoms with Crippen LogP contribution in [0, 0.1) is 0 Å². The molecule has 0 saturated heterocycles. The van der Waals surface area contributed by atoms with E-state index in [0.29, 0.717) is 0 Å². The molecule has 1 aliphatic carbocycles. The molecule has 1 atom stereocenters. The van der Waals surface area contributed by atoms with E-state index in [1.807, 2.05) is 0 Å². The maximum atomic E-state index is 12.0. The molecule has 5 heteroatoms. The number of carbonyl (C=O) groups is 2. The smallest absolute Gasteiger partial charge is 0.224 e. The van der Waals surface area contributed by atoms with Crippen LogP contribution in [-0.2, 0) is 14.3 Å². The van der Waals surface area contributed by atoms with Gasteiger partial charge in [-0.05, 0) is 13.8 Å². The Labute approximate surface area is 99.4 Å². The Bertz CT molecular complexity index is 415. The number of methoxy groups -OCH3 is 1. The van der Waals surface area contributed by atoms with Crippen molar-refractivity contribution >= 4 is 11.6 Å². The second kappa shape index (κ2) is 5.25.